The molecule has 0 saturated carbocycles. The number of aryl methyl sites for hydroxylation is 1. The molecule has 2 aromatic heterocycles. The lowest BCUT2D eigenvalue weighted by molar-refractivity contribution is 0.0746. The SMILES string of the molecule is CN(CCn1cccn1)C(=O)c1onc2c1CCCC2. The quantitative estimate of drug-likeness (QED) is 0.848. The molecule has 0 fully saturated rings. The summed E-state index contributed by atoms with van der Waals surface area (Å²) in [6, 6.07) is 1.87. The summed E-state index contributed by atoms with van der Waals surface area (Å²) in [5.41, 5.74) is 1.97. The van der Waals surface area contributed by atoms with Crippen LogP contribution in [0.25, 0.3) is 0 Å². The summed E-state index contributed by atoms with van der Waals surface area (Å²) >= 11 is 0. The lowest BCUT2D eigenvalue weighted by atomic mass is 9.96. The van der Waals surface area contributed by atoms with E-state index in [0.717, 1.165) is 36.9 Å². The highest BCUT2D eigenvalue weighted by Gasteiger charge is 2.26. The van der Waals surface area contributed by atoms with Crippen molar-refractivity contribution in [1.29, 1.82) is 0 Å². The summed E-state index contributed by atoms with van der Waals surface area (Å²) < 4.78 is 7.08. The van der Waals surface area contributed by atoms with E-state index in [-0.39, 0.29) is 5.91 Å². The van der Waals surface area contributed by atoms with E-state index in [4.69, 9.17) is 4.52 Å². The first-order chi connectivity index (χ1) is 9.75. The average Bonchev–Trinajstić information content (AvgIpc) is 3.13. The Morgan fingerprint density at radius 2 is 2.30 bits per heavy atom. The van der Waals surface area contributed by atoms with Crippen LogP contribution >= 0.6 is 0 Å². The van der Waals surface area contributed by atoms with Crippen LogP contribution in [0.2, 0.25) is 0 Å². The van der Waals surface area contributed by atoms with Crippen molar-refractivity contribution >= 4 is 5.91 Å². The topological polar surface area (TPSA) is 64.2 Å². The van der Waals surface area contributed by atoms with E-state index in [2.05, 4.69) is 10.3 Å². The molecule has 2 heterocycles. The van der Waals surface area contributed by atoms with Crippen molar-refractivity contribution in [3.63, 3.8) is 0 Å². The molecule has 0 radical (unpaired) electrons. The molecule has 0 aromatic carbocycles. The van der Waals surface area contributed by atoms with Gasteiger partial charge in [0.15, 0.2) is 0 Å². The minimum atomic E-state index is -0.0900. The van der Waals surface area contributed by atoms with E-state index in [1.54, 1.807) is 22.8 Å². The van der Waals surface area contributed by atoms with Crippen molar-refractivity contribution < 1.29 is 9.32 Å². The summed E-state index contributed by atoms with van der Waals surface area (Å²) in [5, 5.41) is 8.15. The van der Waals surface area contributed by atoms with Gasteiger partial charge in [-0.1, -0.05) is 5.16 Å². The number of hydrogen-bond acceptors (Lipinski definition) is 4. The van der Waals surface area contributed by atoms with E-state index in [9.17, 15) is 4.79 Å². The minimum absolute atomic E-state index is 0.0900. The molecule has 0 bridgehead atoms. The Labute approximate surface area is 117 Å². The molecule has 20 heavy (non-hydrogen) atoms. The number of amides is 1. The van der Waals surface area contributed by atoms with Gasteiger partial charge >= 0.3 is 0 Å². The highest BCUT2D eigenvalue weighted by atomic mass is 16.5. The molecule has 2 aromatic rings. The summed E-state index contributed by atoms with van der Waals surface area (Å²) in [7, 11) is 1.78. The second kappa shape index (κ2) is 5.48. The van der Waals surface area contributed by atoms with Gasteiger partial charge in [-0.05, 0) is 31.7 Å². The van der Waals surface area contributed by atoms with Gasteiger partial charge in [-0.25, -0.2) is 0 Å². The third-order valence-corrected chi connectivity index (χ3v) is 3.72. The number of carbonyl (C=O) groups is 1. The van der Waals surface area contributed by atoms with Gasteiger partial charge in [0, 0.05) is 31.5 Å². The number of hydrogen-bond donors (Lipinski definition) is 0. The predicted molar refractivity (Wildman–Crippen MR) is 72.3 cm³/mol. The Bertz CT molecular complexity index is 588. The Balaban J connectivity index is 1.67. The number of aromatic nitrogens is 3. The zero-order valence-electron chi connectivity index (χ0n) is 11.6. The third kappa shape index (κ3) is 2.45. The summed E-state index contributed by atoms with van der Waals surface area (Å²) in [6.07, 6.45) is 7.66. The summed E-state index contributed by atoms with van der Waals surface area (Å²) in [6.45, 7) is 1.27. The Kier molecular flexibility index (Phi) is 3.54. The largest absolute Gasteiger partial charge is 0.350 e. The zero-order chi connectivity index (χ0) is 13.9. The predicted octanol–water partition coefficient (Wildman–Crippen LogP) is 1.52. The molecule has 106 valence electrons. The van der Waals surface area contributed by atoms with Crippen LogP contribution < -0.4 is 0 Å². The van der Waals surface area contributed by atoms with Crippen LogP contribution in [0, 0.1) is 0 Å². The fourth-order valence-electron chi connectivity index (χ4n) is 2.52. The van der Waals surface area contributed by atoms with Crippen LogP contribution in [-0.2, 0) is 19.4 Å². The van der Waals surface area contributed by atoms with Crippen molar-refractivity contribution in [2.75, 3.05) is 13.6 Å². The molecule has 0 N–H and O–H groups in total. The van der Waals surface area contributed by atoms with E-state index >= 15 is 0 Å². The van der Waals surface area contributed by atoms with Crippen LogP contribution in [0.3, 0.4) is 0 Å². The Morgan fingerprint density at radius 1 is 1.45 bits per heavy atom. The number of rotatable bonds is 4. The summed E-state index contributed by atoms with van der Waals surface area (Å²) in [4.78, 5) is 14.1. The number of fused-ring (bicyclic) bond motifs is 1. The molecule has 1 aliphatic carbocycles. The molecular weight excluding hydrogens is 256 g/mol. The van der Waals surface area contributed by atoms with Gasteiger partial charge in [0.2, 0.25) is 5.76 Å². The van der Waals surface area contributed by atoms with Crippen LogP contribution in [0.1, 0.15) is 34.7 Å². The molecule has 0 unspecified atom stereocenters. The highest BCUT2D eigenvalue weighted by molar-refractivity contribution is 5.92. The lowest BCUT2D eigenvalue weighted by Crippen LogP contribution is -2.30. The van der Waals surface area contributed by atoms with Gasteiger partial charge < -0.3 is 9.42 Å². The van der Waals surface area contributed by atoms with Crippen LogP contribution in [-0.4, -0.2) is 39.3 Å². The second-order valence-electron chi connectivity index (χ2n) is 5.14. The Morgan fingerprint density at radius 3 is 3.10 bits per heavy atom. The van der Waals surface area contributed by atoms with Gasteiger partial charge in [-0.15, -0.1) is 0 Å². The molecule has 6 nitrogen and oxygen atoms in total. The fourth-order valence-corrected chi connectivity index (χ4v) is 2.52. The maximum atomic E-state index is 12.4. The molecule has 0 atom stereocenters. The zero-order valence-corrected chi connectivity index (χ0v) is 11.6. The van der Waals surface area contributed by atoms with Crippen LogP contribution in [0.4, 0.5) is 0 Å². The van der Waals surface area contributed by atoms with Crippen molar-refractivity contribution in [3.05, 3.63) is 35.5 Å². The first kappa shape index (κ1) is 12.9. The number of nitrogens with zero attached hydrogens (tertiary/aromatic N) is 4. The monoisotopic (exact) mass is 274 g/mol. The fraction of sp³-hybridized carbons (Fsp3) is 0.500. The molecule has 6 heteroatoms. The molecule has 3 rings (SSSR count). The molecule has 1 amide bonds. The van der Waals surface area contributed by atoms with Gasteiger partial charge in [0.1, 0.15) is 0 Å². The first-order valence-corrected chi connectivity index (χ1v) is 6.96. The van der Waals surface area contributed by atoms with Gasteiger partial charge in [-0.2, -0.15) is 5.10 Å². The van der Waals surface area contributed by atoms with Crippen molar-refractivity contribution in [3.8, 4) is 0 Å². The molecule has 0 spiro atoms. The lowest BCUT2D eigenvalue weighted by Gasteiger charge is -2.16. The van der Waals surface area contributed by atoms with E-state index in [1.807, 2.05) is 12.3 Å². The van der Waals surface area contributed by atoms with Gasteiger partial charge in [-0.3, -0.25) is 9.48 Å². The number of carbonyl (C=O) groups excluding carboxylic acids is 1. The third-order valence-electron chi connectivity index (χ3n) is 3.72. The van der Waals surface area contributed by atoms with E-state index in [1.165, 1.54) is 0 Å². The smallest absolute Gasteiger partial charge is 0.292 e. The Hall–Kier alpha value is -2.11. The average molecular weight is 274 g/mol. The molecule has 0 saturated heterocycles. The van der Waals surface area contributed by atoms with E-state index < -0.39 is 0 Å². The minimum Gasteiger partial charge on any atom is -0.350 e. The highest BCUT2D eigenvalue weighted by Crippen LogP contribution is 2.24. The van der Waals surface area contributed by atoms with Gasteiger partial charge in [0.25, 0.3) is 5.91 Å². The normalized spacial score (nSPS) is 14.1. The molecule has 0 aliphatic heterocycles. The number of likely N-dealkylation sites (N-methyl/N-ethyl adjacent to an activating group) is 1. The van der Waals surface area contributed by atoms with Crippen molar-refractivity contribution in [2.24, 2.45) is 0 Å². The maximum absolute atomic E-state index is 12.4. The van der Waals surface area contributed by atoms with Crippen LogP contribution in [0.15, 0.2) is 23.0 Å². The molecular formula is C14H18N4O2. The van der Waals surface area contributed by atoms with E-state index in [0.29, 0.717) is 18.8 Å². The van der Waals surface area contributed by atoms with Crippen molar-refractivity contribution in [2.45, 2.75) is 32.2 Å². The van der Waals surface area contributed by atoms with Gasteiger partial charge in [0.05, 0.1) is 12.2 Å². The first-order valence-electron chi connectivity index (χ1n) is 6.96. The standard InChI is InChI=1S/C14H18N4O2/c1-17(9-10-18-8-4-7-15-18)14(19)13-11-5-2-3-6-12(11)16-20-13/h4,7-8H,2-3,5-6,9-10H2,1H3. The van der Waals surface area contributed by atoms with Crippen molar-refractivity contribution in [1.82, 2.24) is 19.8 Å². The van der Waals surface area contributed by atoms with Crippen LogP contribution in [0.5, 0.6) is 0 Å². The summed E-state index contributed by atoms with van der Waals surface area (Å²) in [5.74, 6) is 0.329. The second-order valence-corrected chi connectivity index (χ2v) is 5.14. The molecule has 1 aliphatic rings. The maximum Gasteiger partial charge on any atom is 0.292 e.